The number of aromatic nitrogens is 1. The number of nitrogens with zero attached hydrogens (tertiary/aromatic N) is 3. The van der Waals surface area contributed by atoms with Gasteiger partial charge in [0.1, 0.15) is 5.82 Å². The van der Waals surface area contributed by atoms with Crippen molar-refractivity contribution in [3.8, 4) is 0 Å². The number of rotatable bonds is 3. The van der Waals surface area contributed by atoms with E-state index in [2.05, 4.69) is 41.8 Å². The third kappa shape index (κ3) is 2.98. The first kappa shape index (κ1) is 13.9. The fraction of sp³-hybridized carbons (Fsp3) is 0.706. The highest BCUT2D eigenvalue weighted by Gasteiger charge is 2.23. The smallest absolute Gasteiger partial charge is 0.128 e. The zero-order valence-corrected chi connectivity index (χ0v) is 12.9. The molecule has 1 aromatic rings. The Morgan fingerprint density at radius 2 is 1.75 bits per heavy atom. The molecule has 2 aliphatic rings. The predicted octanol–water partition coefficient (Wildman–Crippen LogP) is 3.27. The Bertz CT molecular complexity index is 430. The molecule has 0 unspecified atom stereocenters. The lowest BCUT2D eigenvalue weighted by molar-refractivity contribution is 0.171. The summed E-state index contributed by atoms with van der Waals surface area (Å²) in [6.45, 7) is 9.40. The van der Waals surface area contributed by atoms with Gasteiger partial charge in [-0.3, -0.25) is 0 Å². The number of anilines is 1. The number of likely N-dealkylation sites (tertiary alicyclic amines) is 1. The van der Waals surface area contributed by atoms with Crippen LogP contribution in [0.4, 0.5) is 5.82 Å². The van der Waals surface area contributed by atoms with Gasteiger partial charge in [-0.25, -0.2) is 4.98 Å². The second kappa shape index (κ2) is 6.13. The van der Waals surface area contributed by atoms with Crippen LogP contribution in [0.2, 0.25) is 0 Å². The van der Waals surface area contributed by atoms with E-state index in [1.165, 1.54) is 63.4 Å². The SMILES string of the molecule is CC(C)N1CCC(c2cccc(N3CCCC3)n2)CC1. The number of pyridine rings is 1. The van der Waals surface area contributed by atoms with Gasteiger partial charge in [-0.1, -0.05) is 6.07 Å². The maximum atomic E-state index is 4.96. The molecule has 0 aliphatic carbocycles. The van der Waals surface area contributed by atoms with Crippen LogP contribution in [0.1, 0.15) is 51.1 Å². The fourth-order valence-electron chi connectivity index (χ4n) is 3.50. The van der Waals surface area contributed by atoms with Crippen LogP contribution in [0.5, 0.6) is 0 Å². The molecule has 0 N–H and O–H groups in total. The van der Waals surface area contributed by atoms with Crippen LogP contribution in [0.3, 0.4) is 0 Å². The van der Waals surface area contributed by atoms with Gasteiger partial charge in [0.15, 0.2) is 0 Å². The van der Waals surface area contributed by atoms with Crippen LogP contribution in [0.25, 0.3) is 0 Å². The summed E-state index contributed by atoms with van der Waals surface area (Å²) in [5, 5.41) is 0. The molecular formula is C17H27N3. The van der Waals surface area contributed by atoms with Crippen molar-refractivity contribution in [3.05, 3.63) is 23.9 Å². The Kier molecular flexibility index (Phi) is 4.25. The number of hydrogen-bond acceptors (Lipinski definition) is 3. The van der Waals surface area contributed by atoms with E-state index in [9.17, 15) is 0 Å². The quantitative estimate of drug-likeness (QED) is 0.842. The molecule has 3 heteroatoms. The van der Waals surface area contributed by atoms with E-state index in [1.807, 2.05) is 0 Å². The molecule has 0 radical (unpaired) electrons. The summed E-state index contributed by atoms with van der Waals surface area (Å²) in [6, 6.07) is 7.29. The lowest BCUT2D eigenvalue weighted by atomic mass is 9.92. The van der Waals surface area contributed by atoms with E-state index >= 15 is 0 Å². The van der Waals surface area contributed by atoms with E-state index in [1.54, 1.807) is 0 Å². The van der Waals surface area contributed by atoms with E-state index in [0.717, 1.165) is 0 Å². The van der Waals surface area contributed by atoms with Crippen LogP contribution in [0, 0.1) is 0 Å². The highest BCUT2D eigenvalue weighted by Crippen LogP contribution is 2.29. The van der Waals surface area contributed by atoms with Gasteiger partial charge >= 0.3 is 0 Å². The number of piperidine rings is 1. The average Bonchev–Trinajstić information content (AvgIpc) is 3.02. The normalized spacial score (nSPS) is 21.9. The third-order valence-corrected chi connectivity index (χ3v) is 4.86. The summed E-state index contributed by atoms with van der Waals surface area (Å²) in [5.74, 6) is 1.86. The maximum Gasteiger partial charge on any atom is 0.128 e. The van der Waals surface area contributed by atoms with Gasteiger partial charge in [0.2, 0.25) is 0 Å². The first-order chi connectivity index (χ1) is 9.74. The van der Waals surface area contributed by atoms with Gasteiger partial charge in [-0.15, -0.1) is 0 Å². The highest BCUT2D eigenvalue weighted by atomic mass is 15.2. The average molecular weight is 273 g/mol. The first-order valence-electron chi connectivity index (χ1n) is 8.20. The summed E-state index contributed by atoms with van der Waals surface area (Å²) in [5.41, 5.74) is 1.32. The van der Waals surface area contributed by atoms with Crippen molar-refractivity contribution < 1.29 is 0 Å². The minimum absolute atomic E-state index is 0.660. The maximum absolute atomic E-state index is 4.96. The first-order valence-corrected chi connectivity index (χ1v) is 8.20. The van der Waals surface area contributed by atoms with Crippen LogP contribution >= 0.6 is 0 Å². The topological polar surface area (TPSA) is 19.4 Å². The zero-order chi connectivity index (χ0) is 13.9. The molecule has 2 saturated heterocycles. The monoisotopic (exact) mass is 273 g/mol. The largest absolute Gasteiger partial charge is 0.357 e. The van der Waals surface area contributed by atoms with E-state index in [0.29, 0.717) is 12.0 Å². The van der Waals surface area contributed by atoms with E-state index in [-0.39, 0.29) is 0 Å². The molecule has 0 aromatic carbocycles. The van der Waals surface area contributed by atoms with E-state index in [4.69, 9.17) is 4.98 Å². The van der Waals surface area contributed by atoms with Crippen molar-refractivity contribution in [2.24, 2.45) is 0 Å². The van der Waals surface area contributed by atoms with Crippen molar-refractivity contribution in [3.63, 3.8) is 0 Å². The molecule has 1 aromatic heterocycles. The van der Waals surface area contributed by atoms with Gasteiger partial charge in [0, 0.05) is 30.7 Å². The molecule has 0 spiro atoms. The van der Waals surface area contributed by atoms with E-state index < -0.39 is 0 Å². The second-order valence-electron chi connectivity index (χ2n) is 6.52. The molecule has 20 heavy (non-hydrogen) atoms. The second-order valence-corrected chi connectivity index (χ2v) is 6.52. The molecule has 3 nitrogen and oxygen atoms in total. The van der Waals surface area contributed by atoms with Gasteiger partial charge in [0.05, 0.1) is 0 Å². The minimum atomic E-state index is 0.660. The molecule has 2 fully saturated rings. The Labute approximate surface area is 123 Å². The van der Waals surface area contributed by atoms with Crippen molar-refractivity contribution >= 4 is 5.82 Å². The van der Waals surface area contributed by atoms with Gasteiger partial charge in [-0.05, 0) is 64.8 Å². The summed E-state index contributed by atoms with van der Waals surface area (Å²) in [7, 11) is 0. The third-order valence-electron chi connectivity index (χ3n) is 4.86. The Balaban J connectivity index is 1.67. The van der Waals surface area contributed by atoms with Crippen molar-refractivity contribution in [2.45, 2.75) is 51.5 Å². The highest BCUT2D eigenvalue weighted by molar-refractivity contribution is 5.40. The number of hydrogen-bond donors (Lipinski definition) is 0. The molecule has 2 aliphatic heterocycles. The summed E-state index contributed by atoms with van der Waals surface area (Å²) < 4.78 is 0. The molecule has 110 valence electrons. The lowest BCUT2D eigenvalue weighted by Crippen LogP contribution is -2.38. The van der Waals surface area contributed by atoms with Gasteiger partial charge in [-0.2, -0.15) is 0 Å². The Morgan fingerprint density at radius 1 is 1.05 bits per heavy atom. The van der Waals surface area contributed by atoms with Gasteiger partial charge in [0.25, 0.3) is 0 Å². The molecule has 0 atom stereocenters. The van der Waals surface area contributed by atoms with Crippen LogP contribution in [0.15, 0.2) is 18.2 Å². The summed E-state index contributed by atoms with van der Waals surface area (Å²) in [4.78, 5) is 9.98. The Hall–Kier alpha value is -1.09. The molecule has 3 rings (SSSR count). The lowest BCUT2D eigenvalue weighted by Gasteiger charge is -2.34. The molecule has 3 heterocycles. The van der Waals surface area contributed by atoms with Crippen LogP contribution < -0.4 is 4.90 Å². The Morgan fingerprint density at radius 3 is 2.40 bits per heavy atom. The fourth-order valence-corrected chi connectivity index (χ4v) is 3.50. The zero-order valence-electron chi connectivity index (χ0n) is 12.9. The van der Waals surface area contributed by atoms with Crippen LogP contribution in [-0.2, 0) is 0 Å². The van der Waals surface area contributed by atoms with Crippen molar-refractivity contribution in [1.82, 2.24) is 9.88 Å². The van der Waals surface area contributed by atoms with Gasteiger partial charge < -0.3 is 9.80 Å². The van der Waals surface area contributed by atoms with Crippen LogP contribution in [-0.4, -0.2) is 42.1 Å². The minimum Gasteiger partial charge on any atom is -0.357 e. The summed E-state index contributed by atoms with van der Waals surface area (Å²) in [6.07, 6.45) is 5.15. The van der Waals surface area contributed by atoms with Crippen molar-refractivity contribution in [1.29, 1.82) is 0 Å². The predicted molar refractivity (Wildman–Crippen MR) is 84.4 cm³/mol. The molecule has 0 saturated carbocycles. The molecular weight excluding hydrogens is 246 g/mol. The molecule has 0 amide bonds. The standard InChI is InChI=1S/C17H27N3/c1-14(2)19-12-8-15(9-13-19)16-6-5-7-17(18-16)20-10-3-4-11-20/h5-7,14-15H,3-4,8-13H2,1-2H3. The molecule has 0 bridgehead atoms. The van der Waals surface area contributed by atoms with Crippen molar-refractivity contribution in [2.75, 3.05) is 31.1 Å². The summed E-state index contributed by atoms with van der Waals surface area (Å²) >= 11 is 0.